The summed E-state index contributed by atoms with van der Waals surface area (Å²) in [4.78, 5) is 44.6. The number of nitrogens with zero attached hydrogens (tertiary/aromatic N) is 3. The average molecular weight is 478 g/mol. The lowest BCUT2D eigenvalue weighted by atomic mass is 10.0. The van der Waals surface area contributed by atoms with Crippen molar-refractivity contribution in [3.63, 3.8) is 0 Å². The number of fused-ring (bicyclic) bond motifs is 1. The molecule has 7 heteroatoms. The second-order valence-electron chi connectivity index (χ2n) is 9.65. The van der Waals surface area contributed by atoms with Crippen molar-refractivity contribution in [3.8, 4) is 0 Å². The summed E-state index contributed by atoms with van der Waals surface area (Å²) in [5, 5.41) is 0. The van der Waals surface area contributed by atoms with E-state index in [1.54, 1.807) is 9.47 Å². The third-order valence-electron chi connectivity index (χ3n) is 5.87. The Hall–Kier alpha value is -3.48. The van der Waals surface area contributed by atoms with Gasteiger partial charge >= 0.3 is 5.97 Å². The molecule has 0 saturated heterocycles. The van der Waals surface area contributed by atoms with Gasteiger partial charge in [0, 0.05) is 25.0 Å². The summed E-state index contributed by atoms with van der Waals surface area (Å²) in [6.45, 7) is 8.62. The van der Waals surface area contributed by atoms with Crippen LogP contribution in [0.2, 0.25) is 0 Å². The lowest BCUT2D eigenvalue weighted by Gasteiger charge is -2.35. The summed E-state index contributed by atoms with van der Waals surface area (Å²) in [5.41, 5.74) is 2.25. The number of carbonyl (C=O) groups excluding carboxylic acids is 2. The van der Waals surface area contributed by atoms with Crippen LogP contribution < -0.4 is 5.56 Å². The molecule has 0 fully saturated rings. The lowest BCUT2D eigenvalue weighted by Crippen LogP contribution is -2.46. The standard InChI is InChI=1S/C28H35N3O4/c1-5-6-18-30-24-15-11-10-14-22(24)29-23(27(30)34)16-17-26(33)35-20-25(32)31(28(2,3)4)19-21-12-8-7-9-13-21/h7-15H,5-6,16-20H2,1-4H3. The Morgan fingerprint density at radius 3 is 2.40 bits per heavy atom. The van der Waals surface area contributed by atoms with Gasteiger partial charge in [-0.05, 0) is 44.9 Å². The van der Waals surface area contributed by atoms with Crippen LogP contribution in [0.15, 0.2) is 59.4 Å². The summed E-state index contributed by atoms with van der Waals surface area (Å²) >= 11 is 0. The summed E-state index contributed by atoms with van der Waals surface area (Å²) in [7, 11) is 0. The van der Waals surface area contributed by atoms with Crippen molar-refractivity contribution >= 4 is 22.9 Å². The molecular formula is C28H35N3O4. The maximum Gasteiger partial charge on any atom is 0.306 e. The van der Waals surface area contributed by atoms with Crippen LogP contribution in [0.4, 0.5) is 0 Å². The first kappa shape index (κ1) is 26.1. The van der Waals surface area contributed by atoms with Gasteiger partial charge in [0.25, 0.3) is 11.5 Å². The van der Waals surface area contributed by atoms with Crippen molar-refractivity contribution in [2.45, 2.75) is 72.0 Å². The summed E-state index contributed by atoms with van der Waals surface area (Å²) < 4.78 is 7.03. The van der Waals surface area contributed by atoms with Gasteiger partial charge < -0.3 is 14.2 Å². The van der Waals surface area contributed by atoms with Crippen LogP contribution in [0.1, 0.15) is 58.2 Å². The number of hydrogen-bond donors (Lipinski definition) is 0. The van der Waals surface area contributed by atoms with E-state index in [0.29, 0.717) is 18.8 Å². The Kier molecular flexibility index (Phi) is 8.79. The number of amides is 1. The van der Waals surface area contributed by atoms with Crippen LogP contribution in [-0.2, 0) is 33.8 Å². The molecule has 7 nitrogen and oxygen atoms in total. The number of esters is 1. The second kappa shape index (κ2) is 11.8. The smallest absolute Gasteiger partial charge is 0.306 e. The average Bonchev–Trinajstić information content (AvgIpc) is 2.84. The molecule has 0 aliphatic heterocycles. The first-order valence-electron chi connectivity index (χ1n) is 12.2. The van der Waals surface area contributed by atoms with E-state index < -0.39 is 11.5 Å². The number of aryl methyl sites for hydroxylation is 2. The van der Waals surface area contributed by atoms with Gasteiger partial charge in [-0.3, -0.25) is 14.4 Å². The molecule has 2 aromatic carbocycles. The molecule has 0 bridgehead atoms. The molecule has 1 aromatic heterocycles. The molecule has 0 aliphatic carbocycles. The van der Waals surface area contributed by atoms with E-state index in [1.165, 1.54) is 0 Å². The minimum absolute atomic E-state index is 0.0180. The van der Waals surface area contributed by atoms with Crippen molar-refractivity contribution in [2.24, 2.45) is 0 Å². The third-order valence-corrected chi connectivity index (χ3v) is 5.87. The topological polar surface area (TPSA) is 81.5 Å². The largest absolute Gasteiger partial charge is 0.456 e. The number of rotatable bonds is 10. The van der Waals surface area contributed by atoms with Crippen LogP contribution in [0.25, 0.3) is 11.0 Å². The third kappa shape index (κ3) is 7.01. The van der Waals surface area contributed by atoms with E-state index in [2.05, 4.69) is 11.9 Å². The molecule has 35 heavy (non-hydrogen) atoms. The van der Waals surface area contributed by atoms with Gasteiger partial charge in [0.1, 0.15) is 5.69 Å². The highest BCUT2D eigenvalue weighted by molar-refractivity contribution is 5.81. The highest BCUT2D eigenvalue weighted by Gasteiger charge is 2.27. The molecule has 186 valence electrons. The number of aromatic nitrogens is 2. The maximum absolute atomic E-state index is 13.0. The molecule has 0 spiro atoms. The van der Waals surface area contributed by atoms with Crippen molar-refractivity contribution in [1.82, 2.24) is 14.5 Å². The van der Waals surface area contributed by atoms with Crippen LogP contribution in [0.5, 0.6) is 0 Å². The van der Waals surface area contributed by atoms with Crippen molar-refractivity contribution in [1.29, 1.82) is 0 Å². The van der Waals surface area contributed by atoms with Gasteiger partial charge in [0.2, 0.25) is 0 Å². The van der Waals surface area contributed by atoms with Gasteiger partial charge in [-0.25, -0.2) is 4.98 Å². The molecule has 0 radical (unpaired) electrons. The molecule has 0 unspecified atom stereocenters. The van der Waals surface area contributed by atoms with Gasteiger partial charge in [0.05, 0.1) is 17.5 Å². The summed E-state index contributed by atoms with van der Waals surface area (Å²) in [5.74, 6) is -0.790. The number of benzene rings is 2. The number of hydrogen-bond acceptors (Lipinski definition) is 5. The number of para-hydroxylation sites is 2. The molecule has 1 heterocycles. The molecule has 1 amide bonds. The molecular weight excluding hydrogens is 442 g/mol. The Labute approximate surface area is 206 Å². The molecule has 3 rings (SSSR count). The first-order valence-corrected chi connectivity index (χ1v) is 12.2. The highest BCUT2D eigenvalue weighted by Crippen LogP contribution is 2.18. The number of unbranched alkanes of at least 4 members (excludes halogenated alkanes) is 1. The van der Waals surface area contributed by atoms with E-state index >= 15 is 0 Å². The zero-order valence-electron chi connectivity index (χ0n) is 21.1. The summed E-state index contributed by atoms with van der Waals surface area (Å²) in [6.07, 6.45) is 1.99. The monoisotopic (exact) mass is 477 g/mol. The van der Waals surface area contributed by atoms with Gasteiger partial charge in [-0.15, -0.1) is 0 Å². The van der Waals surface area contributed by atoms with Crippen molar-refractivity contribution < 1.29 is 14.3 Å². The fourth-order valence-corrected chi connectivity index (χ4v) is 3.92. The zero-order chi connectivity index (χ0) is 25.4. The number of ether oxygens (including phenoxy) is 1. The van der Waals surface area contributed by atoms with Crippen molar-refractivity contribution in [2.75, 3.05) is 6.61 Å². The molecule has 3 aromatic rings. The highest BCUT2D eigenvalue weighted by atomic mass is 16.5. The SMILES string of the molecule is CCCCn1c(=O)c(CCC(=O)OCC(=O)N(Cc2ccccc2)C(C)(C)C)nc2ccccc21. The van der Waals surface area contributed by atoms with Crippen molar-refractivity contribution in [3.05, 3.63) is 76.2 Å². The second-order valence-corrected chi connectivity index (χ2v) is 9.65. The number of carbonyl (C=O) groups is 2. The Bertz CT molecular complexity index is 1210. The van der Waals surface area contributed by atoms with Gasteiger partial charge in [-0.2, -0.15) is 0 Å². The molecule has 0 atom stereocenters. The molecule has 0 saturated carbocycles. The fraction of sp³-hybridized carbons (Fsp3) is 0.429. The van der Waals surface area contributed by atoms with E-state index in [4.69, 9.17) is 4.74 Å². The van der Waals surface area contributed by atoms with Gasteiger partial charge in [-0.1, -0.05) is 55.8 Å². The van der Waals surface area contributed by atoms with E-state index in [9.17, 15) is 14.4 Å². The van der Waals surface area contributed by atoms with Crippen LogP contribution in [0.3, 0.4) is 0 Å². The fourth-order valence-electron chi connectivity index (χ4n) is 3.92. The first-order chi connectivity index (χ1) is 16.7. The molecule has 0 N–H and O–H groups in total. The predicted molar refractivity (Wildman–Crippen MR) is 137 cm³/mol. The van der Waals surface area contributed by atoms with Crippen LogP contribution in [-0.4, -0.2) is 38.5 Å². The lowest BCUT2D eigenvalue weighted by molar-refractivity contribution is -0.154. The zero-order valence-corrected chi connectivity index (χ0v) is 21.1. The Morgan fingerprint density at radius 2 is 1.71 bits per heavy atom. The maximum atomic E-state index is 13.0. The minimum atomic E-state index is -0.526. The minimum Gasteiger partial charge on any atom is -0.456 e. The molecule has 0 aliphatic rings. The van der Waals surface area contributed by atoms with E-state index in [0.717, 1.165) is 29.4 Å². The quantitative estimate of drug-likeness (QED) is 0.402. The van der Waals surface area contributed by atoms with Crippen LogP contribution >= 0.6 is 0 Å². The van der Waals surface area contributed by atoms with Crippen LogP contribution in [0, 0.1) is 0 Å². The Balaban J connectivity index is 1.64. The van der Waals surface area contributed by atoms with E-state index in [-0.39, 0.29) is 30.9 Å². The predicted octanol–water partition coefficient (Wildman–Crippen LogP) is 4.50. The summed E-state index contributed by atoms with van der Waals surface area (Å²) in [6, 6.07) is 17.2. The van der Waals surface area contributed by atoms with E-state index in [1.807, 2.05) is 75.4 Å². The normalized spacial score (nSPS) is 11.4. The van der Waals surface area contributed by atoms with Gasteiger partial charge in [0.15, 0.2) is 6.61 Å². The Morgan fingerprint density at radius 1 is 1.03 bits per heavy atom.